The number of carbonyl (C=O) groups is 1. The molecular weight excluding hydrogens is 413 g/mol. The van der Waals surface area contributed by atoms with Crippen molar-refractivity contribution in [3.8, 4) is 11.3 Å². The Morgan fingerprint density at radius 1 is 1.14 bits per heavy atom. The van der Waals surface area contributed by atoms with E-state index in [-0.39, 0.29) is 4.90 Å². The normalized spacial score (nSPS) is 12.0. The van der Waals surface area contributed by atoms with E-state index < -0.39 is 39.0 Å². The second-order valence-corrected chi connectivity index (χ2v) is 7.67. The molecule has 1 aromatic heterocycles. The number of aromatic carboxylic acids is 1. The number of nitrogens with one attached hydrogen (secondary N) is 1. The van der Waals surface area contributed by atoms with Crippen LogP contribution >= 0.6 is 0 Å². The fourth-order valence-electron chi connectivity index (χ4n) is 2.49. The van der Waals surface area contributed by atoms with E-state index >= 15 is 0 Å². The Balaban J connectivity index is 1.93. The van der Waals surface area contributed by atoms with Gasteiger partial charge in [-0.25, -0.2) is 18.2 Å². The lowest BCUT2D eigenvalue weighted by Gasteiger charge is -2.13. The van der Waals surface area contributed by atoms with E-state index in [1.165, 1.54) is 30.5 Å². The lowest BCUT2D eigenvalue weighted by molar-refractivity contribution is -0.137. The van der Waals surface area contributed by atoms with Gasteiger partial charge in [0.2, 0.25) is 0 Å². The lowest BCUT2D eigenvalue weighted by atomic mass is 10.1. The summed E-state index contributed by atoms with van der Waals surface area (Å²) in [6.45, 7) is 1.65. The molecule has 0 unspecified atom stereocenters. The number of aromatic nitrogens is 1. The highest BCUT2D eigenvalue weighted by Gasteiger charge is 2.32. The molecular formula is C18H13F3N2O5S. The van der Waals surface area contributed by atoms with Gasteiger partial charge in [-0.05, 0) is 30.3 Å². The molecule has 0 atom stereocenters. The van der Waals surface area contributed by atoms with Crippen molar-refractivity contribution in [2.24, 2.45) is 0 Å². The third kappa shape index (κ3) is 4.57. The minimum absolute atomic E-state index is 0.226. The number of oxazole rings is 1. The van der Waals surface area contributed by atoms with Crippen LogP contribution in [0.3, 0.4) is 0 Å². The van der Waals surface area contributed by atoms with Gasteiger partial charge in [0.15, 0.2) is 5.89 Å². The van der Waals surface area contributed by atoms with Crippen molar-refractivity contribution in [2.45, 2.75) is 18.0 Å². The Bertz CT molecular complexity index is 1170. The van der Waals surface area contributed by atoms with Crippen LogP contribution in [-0.4, -0.2) is 24.5 Å². The first-order chi connectivity index (χ1) is 13.5. The second kappa shape index (κ2) is 7.24. The van der Waals surface area contributed by atoms with Crippen molar-refractivity contribution >= 4 is 21.7 Å². The van der Waals surface area contributed by atoms with Crippen LogP contribution in [0.4, 0.5) is 18.9 Å². The number of anilines is 1. The highest BCUT2D eigenvalue weighted by molar-refractivity contribution is 7.92. The van der Waals surface area contributed by atoms with Gasteiger partial charge in [0.25, 0.3) is 10.0 Å². The van der Waals surface area contributed by atoms with Crippen molar-refractivity contribution in [2.75, 3.05) is 4.72 Å². The lowest BCUT2D eigenvalue weighted by Crippen LogP contribution is -2.15. The molecule has 0 saturated heterocycles. The quantitative estimate of drug-likeness (QED) is 0.634. The van der Waals surface area contributed by atoms with Crippen LogP contribution in [0, 0.1) is 6.92 Å². The van der Waals surface area contributed by atoms with Gasteiger partial charge in [0.05, 0.1) is 21.7 Å². The molecule has 7 nitrogen and oxygen atoms in total. The van der Waals surface area contributed by atoms with Gasteiger partial charge in [-0.15, -0.1) is 0 Å². The molecule has 0 spiro atoms. The molecule has 3 aromatic rings. The molecule has 3 rings (SSSR count). The van der Waals surface area contributed by atoms with Crippen molar-refractivity contribution in [1.29, 1.82) is 0 Å². The number of nitrogens with zero attached hydrogens (tertiary/aromatic N) is 1. The first kappa shape index (κ1) is 20.4. The summed E-state index contributed by atoms with van der Waals surface area (Å²) in [5.41, 5.74) is -1.44. The smallest absolute Gasteiger partial charge is 0.416 e. The summed E-state index contributed by atoms with van der Waals surface area (Å²) in [7, 11) is -4.27. The number of carboxylic acid groups (broad SMARTS) is 1. The molecule has 152 valence electrons. The number of alkyl halides is 3. The van der Waals surface area contributed by atoms with E-state index in [0.717, 1.165) is 6.07 Å². The van der Waals surface area contributed by atoms with Crippen molar-refractivity contribution in [3.05, 3.63) is 65.7 Å². The maximum absolute atomic E-state index is 13.0. The minimum atomic E-state index is -4.84. The largest absolute Gasteiger partial charge is 0.478 e. The minimum Gasteiger partial charge on any atom is -0.478 e. The van der Waals surface area contributed by atoms with Gasteiger partial charge in [-0.1, -0.05) is 12.1 Å². The highest BCUT2D eigenvalue weighted by atomic mass is 32.2. The van der Waals surface area contributed by atoms with E-state index in [1.54, 1.807) is 6.92 Å². The zero-order valence-corrected chi connectivity index (χ0v) is 15.5. The molecule has 0 bridgehead atoms. The Morgan fingerprint density at radius 3 is 2.31 bits per heavy atom. The number of halogens is 3. The average molecular weight is 426 g/mol. The molecule has 0 aliphatic carbocycles. The number of hydrogen-bond donors (Lipinski definition) is 2. The molecule has 0 fully saturated rings. The maximum Gasteiger partial charge on any atom is 0.416 e. The number of sulfonamides is 1. The Hall–Kier alpha value is -3.34. The molecule has 2 N–H and O–H groups in total. The number of hydrogen-bond acceptors (Lipinski definition) is 5. The zero-order valence-electron chi connectivity index (χ0n) is 14.7. The highest BCUT2D eigenvalue weighted by Crippen LogP contribution is 2.33. The molecule has 0 amide bonds. The maximum atomic E-state index is 13.0. The predicted molar refractivity (Wildman–Crippen MR) is 95.9 cm³/mol. The first-order valence-corrected chi connectivity index (χ1v) is 9.45. The van der Waals surface area contributed by atoms with Gasteiger partial charge in [-0.3, -0.25) is 4.72 Å². The van der Waals surface area contributed by atoms with E-state index in [4.69, 9.17) is 9.52 Å². The fourth-order valence-corrected chi connectivity index (χ4v) is 3.53. The summed E-state index contributed by atoms with van der Waals surface area (Å²) in [6.07, 6.45) is -3.45. The molecule has 0 radical (unpaired) electrons. The van der Waals surface area contributed by atoms with Crippen LogP contribution in [0.5, 0.6) is 0 Å². The monoisotopic (exact) mass is 426 g/mol. The van der Waals surface area contributed by atoms with Gasteiger partial charge in [0, 0.05) is 12.5 Å². The molecule has 29 heavy (non-hydrogen) atoms. The van der Waals surface area contributed by atoms with Crippen LogP contribution in [0.25, 0.3) is 11.3 Å². The number of benzene rings is 2. The molecule has 0 aliphatic heterocycles. The van der Waals surface area contributed by atoms with Crippen molar-refractivity contribution in [3.63, 3.8) is 0 Å². The topological polar surface area (TPSA) is 110 Å². The van der Waals surface area contributed by atoms with Crippen molar-refractivity contribution < 1.29 is 35.9 Å². The average Bonchev–Trinajstić information content (AvgIpc) is 3.07. The summed E-state index contributed by atoms with van der Waals surface area (Å²) in [5.74, 6) is -1.19. The van der Waals surface area contributed by atoms with Crippen LogP contribution in [-0.2, 0) is 16.2 Å². The van der Waals surface area contributed by atoms with E-state index in [2.05, 4.69) is 4.98 Å². The molecule has 0 saturated carbocycles. The summed E-state index contributed by atoms with van der Waals surface area (Å²) in [4.78, 5) is 15.0. The second-order valence-electron chi connectivity index (χ2n) is 5.98. The van der Waals surface area contributed by atoms with E-state index in [0.29, 0.717) is 29.3 Å². The third-order valence-electron chi connectivity index (χ3n) is 3.84. The van der Waals surface area contributed by atoms with Gasteiger partial charge in [0.1, 0.15) is 12.0 Å². The van der Waals surface area contributed by atoms with Gasteiger partial charge >= 0.3 is 12.1 Å². The SMILES string of the molecule is Cc1nc(-c2ccc(S(=O)(=O)Nc3cc(C(=O)O)cc(C(F)(F)F)c3)cc2)co1. The summed E-state index contributed by atoms with van der Waals surface area (Å²) >= 11 is 0. The number of rotatable bonds is 5. The molecule has 2 aromatic carbocycles. The van der Waals surface area contributed by atoms with Crippen LogP contribution < -0.4 is 4.72 Å². The van der Waals surface area contributed by atoms with E-state index in [9.17, 15) is 26.4 Å². The Kier molecular flexibility index (Phi) is 5.09. The third-order valence-corrected chi connectivity index (χ3v) is 5.24. The molecule has 1 heterocycles. The fraction of sp³-hybridized carbons (Fsp3) is 0.111. The van der Waals surface area contributed by atoms with E-state index in [1.807, 2.05) is 4.72 Å². The summed E-state index contributed by atoms with van der Waals surface area (Å²) in [6, 6.07) is 7.16. The Morgan fingerprint density at radius 2 is 1.79 bits per heavy atom. The summed E-state index contributed by atoms with van der Waals surface area (Å²) < 4.78 is 71.1. The molecule has 0 aliphatic rings. The number of aryl methyl sites for hydroxylation is 1. The van der Waals surface area contributed by atoms with Gasteiger partial charge < -0.3 is 9.52 Å². The van der Waals surface area contributed by atoms with Crippen molar-refractivity contribution in [1.82, 2.24) is 4.98 Å². The predicted octanol–water partition coefficient (Wildman–Crippen LogP) is 4.17. The molecule has 11 heteroatoms. The van der Waals surface area contributed by atoms with Crippen LogP contribution in [0.1, 0.15) is 21.8 Å². The van der Waals surface area contributed by atoms with Gasteiger partial charge in [-0.2, -0.15) is 13.2 Å². The first-order valence-electron chi connectivity index (χ1n) is 7.97. The van der Waals surface area contributed by atoms with Crippen LogP contribution in [0.2, 0.25) is 0 Å². The Labute approximate surface area is 162 Å². The number of carboxylic acids is 1. The van der Waals surface area contributed by atoms with Crippen LogP contribution in [0.15, 0.2) is 58.0 Å². The standard InChI is InChI=1S/C18H13F3N2O5S/c1-10-22-16(9-28-10)11-2-4-15(5-3-11)29(26,27)23-14-7-12(17(24)25)6-13(8-14)18(19,20)21/h2-9,23H,1H3,(H,24,25). The zero-order chi connectivity index (χ0) is 21.4. The summed E-state index contributed by atoms with van der Waals surface area (Å²) in [5, 5.41) is 9.00.